The Hall–Kier alpha value is 0.790. The molecule has 0 unspecified atom stereocenters. The van der Waals surface area contributed by atoms with E-state index in [9.17, 15) is 0 Å². The second kappa shape index (κ2) is 7.98. The van der Waals surface area contributed by atoms with Crippen LogP contribution in [0.2, 0.25) is 0 Å². The molecular weight excluding hydrogens is 559 g/mol. The lowest BCUT2D eigenvalue weighted by molar-refractivity contribution is 0.451. The molecule has 156 valence electrons. The van der Waals surface area contributed by atoms with Gasteiger partial charge in [0.2, 0.25) is 11.4 Å². The molecule has 3 aromatic carbocycles. The number of halogens is 9. The maximum atomic E-state index is 6.43. The molecule has 9 heteroatoms. The van der Waals surface area contributed by atoms with Gasteiger partial charge in [-0.05, 0) is 64.2 Å². The van der Waals surface area contributed by atoms with Gasteiger partial charge in [0.1, 0.15) is 5.41 Å². The van der Waals surface area contributed by atoms with Crippen molar-refractivity contribution in [2.75, 3.05) is 0 Å². The molecule has 0 aliphatic carbocycles. The first-order chi connectivity index (χ1) is 13.1. The first-order valence-corrected chi connectivity index (χ1v) is 11.7. The van der Waals surface area contributed by atoms with Crippen molar-refractivity contribution in [3.8, 4) is 0 Å². The van der Waals surface area contributed by atoms with Crippen molar-refractivity contribution in [3.05, 3.63) is 59.2 Å². The molecule has 0 amide bonds. The van der Waals surface area contributed by atoms with Gasteiger partial charge >= 0.3 is 0 Å². The molecule has 0 saturated heterocycles. The molecule has 0 nitrogen and oxygen atoms in total. The highest BCUT2D eigenvalue weighted by Gasteiger charge is 2.72. The van der Waals surface area contributed by atoms with Gasteiger partial charge in [0.25, 0.3) is 0 Å². The van der Waals surface area contributed by atoms with E-state index in [4.69, 9.17) is 104 Å². The topological polar surface area (TPSA) is 0 Å². The number of alkyl halides is 9. The summed E-state index contributed by atoms with van der Waals surface area (Å²) in [5.74, 6) is 0. The molecule has 0 saturated carbocycles. The first-order valence-electron chi connectivity index (χ1n) is 8.26. The Morgan fingerprint density at radius 2 is 1.03 bits per heavy atom. The second-order valence-electron chi connectivity index (χ2n) is 6.86. The van der Waals surface area contributed by atoms with Gasteiger partial charge in [-0.2, -0.15) is 0 Å². The van der Waals surface area contributed by atoms with Gasteiger partial charge in [0.15, 0.2) is 0 Å². The fraction of sp³-hybridized carbons (Fsp3) is 0.300. The smallest absolute Gasteiger partial charge is 0.0823 e. The quantitative estimate of drug-likeness (QED) is 0.201. The molecule has 0 spiro atoms. The van der Waals surface area contributed by atoms with Crippen molar-refractivity contribution in [2.45, 2.75) is 30.6 Å². The van der Waals surface area contributed by atoms with Gasteiger partial charge < -0.3 is 0 Å². The van der Waals surface area contributed by atoms with Gasteiger partial charge in [-0.25, -0.2) is 0 Å². The van der Waals surface area contributed by atoms with E-state index in [-0.39, 0.29) is 0 Å². The third-order valence-corrected chi connectivity index (χ3v) is 7.73. The highest BCUT2D eigenvalue weighted by Crippen LogP contribution is 2.69. The number of benzene rings is 3. The molecule has 0 radical (unpaired) electrons. The Kier molecular flexibility index (Phi) is 6.72. The number of hydrogen-bond donors (Lipinski definition) is 0. The predicted octanol–water partition coefficient (Wildman–Crippen LogP) is 9.96. The Bertz CT molecular complexity index is 1050. The summed E-state index contributed by atoms with van der Waals surface area (Å²) in [6.45, 7) is 3.71. The zero-order valence-electron chi connectivity index (χ0n) is 14.9. The van der Waals surface area contributed by atoms with Crippen LogP contribution in [0.15, 0.2) is 42.5 Å². The minimum atomic E-state index is -2.29. The monoisotopic (exact) mass is 568 g/mol. The first kappa shape index (κ1) is 24.4. The van der Waals surface area contributed by atoms with E-state index in [0.717, 1.165) is 21.7 Å². The third kappa shape index (κ3) is 3.90. The summed E-state index contributed by atoms with van der Waals surface area (Å²) in [6.07, 6.45) is 0. The maximum absolute atomic E-state index is 6.43. The van der Waals surface area contributed by atoms with Gasteiger partial charge in [-0.15, -0.1) is 0 Å². The molecule has 0 fully saturated rings. The van der Waals surface area contributed by atoms with Crippen LogP contribution in [-0.2, 0) is 5.41 Å². The SMILES string of the molecule is Cc1cc2cc3ccccc3cc2c(C(C(Cl)(Cl)Cl)(C(Cl)(Cl)Cl)C(Cl)(Cl)Cl)c1C. The van der Waals surface area contributed by atoms with Crippen LogP contribution >= 0.6 is 104 Å². The molecule has 0 N–H and O–H groups in total. The minimum Gasteiger partial charge on any atom is -0.0823 e. The lowest BCUT2D eigenvalue weighted by Gasteiger charge is -2.50. The summed E-state index contributed by atoms with van der Waals surface area (Å²) < 4.78 is -6.87. The van der Waals surface area contributed by atoms with Gasteiger partial charge in [0.05, 0.1) is 0 Å². The molecule has 0 aliphatic rings. The van der Waals surface area contributed by atoms with E-state index in [1.54, 1.807) is 0 Å². The molecular formula is C20H13Cl9. The van der Waals surface area contributed by atoms with Crippen LogP contribution in [0.1, 0.15) is 16.7 Å². The summed E-state index contributed by atoms with van der Waals surface area (Å²) in [6, 6.07) is 13.7. The third-order valence-electron chi connectivity index (χ3n) is 5.18. The Balaban J connectivity index is 2.66. The fourth-order valence-corrected chi connectivity index (χ4v) is 8.43. The Morgan fingerprint density at radius 1 is 0.586 bits per heavy atom. The van der Waals surface area contributed by atoms with Crippen LogP contribution in [0, 0.1) is 13.8 Å². The van der Waals surface area contributed by atoms with E-state index in [0.29, 0.717) is 16.5 Å². The molecule has 0 bridgehead atoms. The molecule has 3 aromatic rings. The molecule has 0 atom stereocenters. The largest absolute Gasteiger partial charge is 0.208 e. The van der Waals surface area contributed by atoms with Crippen LogP contribution < -0.4 is 0 Å². The van der Waals surface area contributed by atoms with Crippen LogP contribution in [-0.4, -0.2) is 11.4 Å². The van der Waals surface area contributed by atoms with Crippen LogP contribution in [0.4, 0.5) is 0 Å². The Labute approximate surface area is 214 Å². The van der Waals surface area contributed by atoms with Crippen molar-refractivity contribution in [2.24, 2.45) is 0 Å². The normalized spacial score (nSPS) is 14.0. The number of aryl methyl sites for hydroxylation is 1. The van der Waals surface area contributed by atoms with Crippen molar-refractivity contribution in [3.63, 3.8) is 0 Å². The number of hydrogen-bond acceptors (Lipinski definition) is 0. The number of rotatable bonds is 1. The van der Waals surface area contributed by atoms with Gasteiger partial charge in [0, 0.05) is 0 Å². The zero-order valence-corrected chi connectivity index (χ0v) is 21.7. The standard InChI is InChI=1S/C20H13Cl9/c1-10-7-14-8-12-5-3-4-6-13(12)9-15(14)16(11(10)2)17(18(21,22)23,19(24,25)26)20(27,28)29/h3-9H,1-2H3. The van der Waals surface area contributed by atoms with Crippen molar-refractivity contribution >= 4 is 126 Å². The Morgan fingerprint density at radius 3 is 1.48 bits per heavy atom. The van der Waals surface area contributed by atoms with Crippen LogP contribution in [0.25, 0.3) is 21.5 Å². The average molecular weight is 572 g/mol. The zero-order chi connectivity index (χ0) is 22.0. The van der Waals surface area contributed by atoms with E-state index >= 15 is 0 Å². The van der Waals surface area contributed by atoms with E-state index < -0.39 is 16.8 Å². The molecule has 0 aliphatic heterocycles. The summed E-state index contributed by atoms with van der Waals surface area (Å²) in [7, 11) is 0. The lowest BCUT2D eigenvalue weighted by Crippen LogP contribution is -2.60. The molecule has 3 rings (SSSR count). The van der Waals surface area contributed by atoms with E-state index in [2.05, 4.69) is 0 Å². The second-order valence-corrected chi connectivity index (χ2v) is 13.7. The summed E-state index contributed by atoms with van der Waals surface area (Å²) in [4.78, 5) is 0. The van der Waals surface area contributed by atoms with E-state index in [1.807, 2.05) is 56.3 Å². The van der Waals surface area contributed by atoms with Gasteiger partial charge in [-0.1, -0.05) is 135 Å². The van der Waals surface area contributed by atoms with Crippen molar-refractivity contribution in [1.82, 2.24) is 0 Å². The lowest BCUT2D eigenvalue weighted by atomic mass is 9.77. The van der Waals surface area contributed by atoms with Crippen LogP contribution in [0.3, 0.4) is 0 Å². The predicted molar refractivity (Wildman–Crippen MR) is 133 cm³/mol. The summed E-state index contributed by atoms with van der Waals surface area (Å²) in [5.41, 5.74) is -0.219. The maximum Gasteiger partial charge on any atom is 0.208 e. The fourth-order valence-electron chi connectivity index (χ4n) is 3.73. The number of fused-ring (bicyclic) bond motifs is 2. The minimum absolute atomic E-state index is 0.359. The molecule has 0 heterocycles. The molecule has 0 aromatic heterocycles. The van der Waals surface area contributed by atoms with Gasteiger partial charge in [-0.3, -0.25) is 0 Å². The average Bonchev–Trinajstić information content (AvgIpc) is 2.53. The molecule has 29 heavy (non-hydrogen) atoms. The summed E-state index contributed by atoms with van der Waals surface area (Å²) >= 11 is 57.8. The van der Waals surface area contributed by atoms with Crippen molar-refractivity contribution < 1.29 is 0 Å². The van der Waals surface area contributed by atoms with E-state index in [1.165, 1.54) is 0 Å². The van der Waals surface area contributed by atoms with Crippen LogP contribution in [0.5, 0.6) is 0 Å². The highest BCUT2D eigenvalue weighted by atomic mass is 35.6. The highest BCUT2D eigenvalue weighted by molar-refractivity contribution is 6.79. The summed E-state index contributed by atoms with van der Waals surface area (Å²) in [5, 5.41) is 3.47. The van der Waals surface area contributed by atoms with Crippen molar-refractivity contribution in [1.29, 1.82) is 0 Å².